The minimum absolute atomic E-state index is 0.121. The molecule has 102 valence electrons. The highest BCUT2D eigenvalue weighted by molar-refractivity contribution is 4.92. The van der Waals surface area contributed by atoms with Gasteiger partial charge in [0.1, 0.15) is 0 Å². The van der Waals surface area contributed by atoms with Gasteiger partial charge in [0.15, 0.2) is 0 Å². The lowest BCUT2D eigenvalue weighted by atomic mass is 9.66. The second kappa shape index (κ2) is 6.19. The first-order valence-electron chi connectivity index (χ1n) is 7.15. The van der Waals surface area contributed by atoms with Gasteiger partial charge >= 0.3 is 0 Å². The smallest absolute Gasteiger partial charge is 0.0462 e. The molecular formula is C15H31NO. The maximum atomic E-state index is 6.51. The van der Waals surface area contributed by atoms with Crippen molar-refractivity contribution in [3.63, 3.8) is 0 Å². The van der Waals surface area contributed by atoms with E-state index in [0.717, 1.165) is 18.9 Å². The zero-order valence-corrected chi connectivity index (χ0v) is 12.2. The van der Waals surface area contributed by atoms with Crippen molar-refractivity contribution in [1.82, 2.24) is 0 Å². The average molecular weight is 241 g/mol. The van der Waals surface area contributed by atoms with Gasteiger partial charge in [-0.05, 0) is 56.3 Å². The highest BCUT2D eigenvalue weighted by atomic mass is 16.5. The highest BCUT2D eigenvalue weighted by Crippen LogP contribution is 2.41. The van der Waals surface area contributed by atoms with E-state index in [9.17, 15) is 0 Å². The molecule has 2 N–H and O–H groups in total. The van der Waals surface area contributed by atoms with Crippen LogP contribution >= 0.6 is 0 Å². The summed E-state index contributed by atoms with van der Waals surface area (Å²) in [6.07, 6.45) is 8.58. The van der Waals surface area contributed by atoms with Crippen LogP contribution in [0, 0.1) is 11.3 Å². The molecule has 0 aliphatic heterocycles. The molecule has 1 fully saturated rings. The zero-order chi connectivity index (χ0) is 12.9. The highest BCUT2D eigenvalue weighted by Gasteiger charge is 2.35. The van der Waals surface area contributed by atoms with E-state index in [1.165, 1.54) is 38.5 Å². The summed E-state index contributed by atoms with van der Waals surface area (Å²) in [7, 11) is 1.77. The molecule has 0 aromatic carbocycles. The Bertz CT molecular complexity index is 211. The van der Waals surface area contributed by atoms with Crippen molar-refractivity contribution in [3.8, 4) is 0 Å². The Morgan fingerprint density at radius 2 is 1.76 bits per heavy atom. The number of nitrogens with two attached hydrogens (primary N) is 1. The molecule has 0 aromatic rings. The number of ether oxygens (including phenoxy) is 1. The molecule has 0 unspecified atom stereocenters. The summed E-state index contributed by atoms with van der Waals surface area (Å²) in [6, 6.07) is 0. The fraction of sp³-hybridized carbons (Fsp3) is 1.00. The summed E-state index contributed by atoms with van der Waals surface area (Å²) in [5.41, 5.74) is 7.08. The van der Waals surface area contributed by atoms with E-state index >= 15 is 0 Å². The normalized spacial score (nSPS) is 30.5. The Labute approximate surface area is 107 Å². The molecule has 0 radical (unpaired) electrons. The molecule has 0 atom stereocenters. The van der Waals surface area contributed by atoms with Crippen LogP contribution in [0.3, 0.4) is 0 Å². The van der Waals surface area contributed by atoms with Crippen molar-refractivity contribution < 1.29 is 4.74 Å². The molecular weight excluding hydrogens is 210 g/mol. The Hall–Kier alpha value is -0.0800. The third-order valence-corrected chi connectivity index (χ3v) is 4.48. The zero-order valence-electron chi connectivity index (χ0n) is 12.2. The topological polar surface area (TPSA) is 35.2 Å². The van der Waals surface area contributed by atoms with Crippen LogP contribution in [0.15, 0.2) is 0 Å². The first-order chi connectivity index (χ1) is 7.87. The number of rotatable bonds is 5. The molecule has 17 heavy (non-hydrogen) atoms. The summed E-state index contributed by atoms with van der Waals surface area (Å²) < 4.78 is 5.09. The van der Waals surface area contributed by atoms with E-state index in [4.69, 9.17) is 10.5 Å². The van der Waals surface area contributed by atoms with E-state index in [-0.39, 0.29) is 5.54 Å². The molecule has 1 saturated carbocycles. The summed E-state index contributed by atoms with van der Waals surface area (Å²) in [6.45, 7) is 7.96. The van der Waals surface area contributed by atoms with Crippen LogP contribution in [0.2, 0.25) is 0 Å². The summed E-state index contributed by atoms with van der Waals surface area (Å²) in [4.78, 5) is 0. The van der Waals surface area contributed by atoms with Crippen molar-refractivity contribution in [2.24, 2.45) is 17.1 Å². The Kier molecular flexibility index (Phi) is 5.46. The van der Waals surface area contributed by atoms with Crippen LogP contribution in [0.1, 0.15) is 65.7 Å². The number of unbranched alkanes of at least 4 members (excludes halogenated alkanes) is 1. The lowest BCUT2D eigenvalue weighted by Gasteiger charge is -2.42. The minimum Gasteiger partial charge on any atom is -0.385 e. The van der Waals surface area contributed by atoms with Gasteiger partial charge in [0, 0.05) is 19.3 Å². The van der Waals surface area contributed by atoms with Crippen LogP contribution in [0.25, 0.3) is 0 Å². The molecule has 2 heteroatoms. The summed E-state index contributed by atoms with van der Waals surface area (Å²) in [5, 5.41) is 0. The molecule has 0 spiro atoms. The van der Waals surface area contributed by atoms with Crippen LogP contribution < -0.4 is 5.73 Å². The Morgan fingerprint density at radius 3 is 2.24 bits per heavy atom. The maximum Gasteiger partial charge on any atom is 0.0462 e. The second-order valence-electron chi connectivity index (χ2n) is 6.95. The first kappa shape index (κ1) is 15.0. The second-order valence-corrected chi connectivity index (χ2v) is 6.95. The van der Waals surface area contributed by atoms with Gasteiger partial charge in [-0.2, -0.15) is 0 Å². The van der Waals surface area contributed by atoms with E-state index in [0.29, 0.717) is 5.41 Å². The third kappa shape index (κ3) is 4.97. The maximum absolute atomic E-state index is 6.51. The van der Waals surface area contributed by atoms with Gasteiger partial charge in [-0.3, -0.25) is 0 Å². The largest absolute Gasteiger partial charge is 0.385 e. The van der Waals surface area contributed by atoms with Gasteiger partial charge in [-0.15, -0.1) is 0 Å². The van der Waals surface area contributed by atoms with Crippen LogP contribution in [0.5, 0.6) is 0 Å². The molecule has 1 aliphatic carbocycles. The number of methoxy groups -OCH3 is 1. The van der Waals surface area contributed by atoms with Gasteiger partial charge in [-0.1, -0.05) is 20.8 Å². The van der Waals surface area contributed by atoms with Crippen molar-refractivity contribution in [2.75, 3.05) is 13.7 Å². The predicted octanol–water partition coefficient (Wildman–Crippen LogP) is 3.74. The van der Waals surface area contributed by atoms with Gasteiger partial charge < -0.3 is 10.5 Å². The van der Waals surface area contributed by atoms with Gasteiger partial charge in [0.2, 0.25) is 0 Å². The number of hydrogen-bond donors (Lipinski definition) is 1. The van der Waals surface area contributed by atoms with E-state index in [2.05, 4.69) is 20.8 Å². The minimum atomic E-state index is 0.121. The molecule has 2 nitrogen and oxygen atoms in total. The van der Waals surface area contributed by atoms with Crippen LogP contribution in [0.4, 0.5) is 0 Å². The standard InChI is InChI=1S/C15H31NO/c1-14(2,3)13-7-10-15(16,11-8-13)9-5-6-12-17-4/h13H,5-12,16H2,1-4H3. The molecule has 1 aliphatic rings. The van der Waals surface area contributed by atoms with Crippen molar-refractivity contribution in [2.45, 2.75) is 71.3 Å². The fourth-order valence-corrected chi connectivity index (χ4v) is 3.03. The van der Waals surface area contributed by atoms with Crippen molar-refractivity contribution in [1.29, 1.82) is 0 Å². The number of hydrogen-bond acceptors (Lipinski definition) is 2. The monoisotopic (exact) mass is 241 g/mol. The lowest BCUT2D eigenvalue weighted by Crippen LogP contribution is -2.45. The average Bonchev–Trinajstić information content (AvgIpc) is 2.24. The Morgan fingerprint density at radius 1 is 1.18 bits per heavy atom. The first-order valence-corrected chi connectivity index (χ1v) is 7.15. The fourth-order valence-electron chi connectivity index (χ4n) is 3.03. The van der Waals surface area contributed by atoms with Gasteiger partial charge in [-0.25, -0.2) is 0 Å². The quantitative estimate of drug-likeness (QED) is 0.744. The lowest BCUT2D eigenvalue weighted by molar-refractivity contribution is 0.125. The predicted molar refractivity (Wildman–Crippen MR) is 74.1 cm³/mol. The third-order valence-electron chi connectivity index (χ3n) is 4.48. The van der Waals surface area contributed by atoms with E-state index in [1.807, 2.05) is 0 Å². The van der Waals surface area contributed by atoms with Crippen LogP contribution in [-0.4, -0.2) is 19.3 Å². The molecule has 0 saturated heterocycles. The van der Waals surface area contributed by atoms with E-state index in [1.54, 1.807) is 7.11 Å². The Balaban J connectivity index is 2.29. The van der Waals surface area contributed by atoms with Crippen molar-refractivity contribution >= 4 is 0 Å². The van der Waals surface area contributed by atoms with E-state index < -0.39 is 0 Å². The molecule has 1 rings (SSSR count). The van der Waals surface area contributed by atoms with Gasteiger partial charge in [0.25, 0.3) is 0 Å². The summed E-state index contributed by atoms with van der Waals surface area (Å²) >= 11 is 0. The summed E-state index contributed by atoms with van der Waals surface area (Å²) in [5.74, 6) is 0.859. The molecule has 0 amide bonds. The molecule has 0 heterocycles. The van der Waals surface area contributed by atoms with Crippen molar-refractivity contribution in [3.05, 3.63) is 0 Å². The SMILES string of the molecule is COCCCCC1(N)CCC(C(C)(C)C)CC1. The van der Waals surface area contributed by atoms with Crippen LogP contribution in [-0.2, 0) is 4.74 Å². The van der Waals surface area contributed by atoms with Gasteiger partial charge in [0.05, 0.1) is 0 Å². The molecule has 0 bridgehead atoms. The molecule has 0 aromatic heterocycles.